The molecule has 0 bridgehead atoms. The van der Waals surface area contributed by atoms with Gasteiger partial charge >= 0.3 is 18.5 Å². The molecule has 23 heavy (non-hydrogen) atoms. The monoisotopic (exact) mass is 365 g/mol. The highest BCUT2D eigenvalue weighted by Crippen LogP contribution is 2.40. The van der Waals surface area contributed by atoms with Gasteiger partial charge in [-0.15, -0.1) is 24.8 Å². The fraction of sp³-hybridized carbons (Fsp3) is 0.500. The third-order valence-electron chi connectivity index (χ3n) is 2.39. The normalized spacial score (nSPS) is 12.2. The molecule has 0 radical (unpaired) electrons. The smallest absolute Gasteiger partial charge is 0.466 e. The van der Waals surface area contributed by atoms with E-state index in [2.05, 4.69) is 14.5 Å². The lowest BCUT2D eigenvalue weighted by molar-refractivity contribution is -0.278. The average molecular weight is 366 g/mol. The molecule has 0 aliphatic rings. The fourth-order valence-corrected chi connectivity index (χ4v) is 1.83. The molecule has 4 nitrogen and oxygen atoms in total. The second-order valence-electron chi connectivity index (χ2n) is 4.11. The SMILES string of the molecule is CCOC(=O)Cc1cc(CCl)nc(OC(F)(F)F)c1C(F)(F)F. The molecule has 1 rings (SSSR count). The van der Waals surface area contributed by atoms with E-state index in [0.717, 1.165) is 6.07 Å². The van der Waals surface area contributed by atoms with Gasteiger partial charge in [0.2, 0.25) is 5.88 Å². The van der Waals surface area contributed by atoms with Crippen LogP contribution in [-0.4, -0.2) is 23.9 Å². The number of nitrogens with zero attached hydrogens (tertiary/aromatic N) is 1. The van der Waals surface area contributed by atoms with Crippen molar-refractivity contribution < 1.29 is 40.6 Å². The van der Waals surface area contributed by atoms with E-state index >= 15 is 0 Å². The molecule has 0 saturated carbocycles. The number of halogens is 7. The molecule has 0 unspecified atom stereocenters. The van der Waals surface area contributed by atoms with Crippen LogP contribution in [0.25, 0.3) is 0 Å². The van der Waals surface area contributed by atoms with E-state index in [1.165, 1.54) is 6.92 Å². The van der Waals surface area contributed by atoms with Gasteiger partial charge in [0, 0.05) is 0 Å². The summed E-state index contributed by atoms with van der Waals surface area (Å²) in [6, 6.07) is 0.788. The van der Waals surface area contributed by atoms with Crippen molar-refractivity contribution in [3.8, 4) is 5.88 Å². The predicted octanol–water partition coefficient (Wildman–Crippen LogP) is 3.84. The second kappa shape index (κ2) is 7.24. The average Bonchev–Trinajstić information content (AvgIpc) is 2.34. The zero-order valence-electron chi connectivity index (χ0n) is 11.5. The second-order valence-corrected chi connectivity index (χ2v) is 4.38. The Morgan fingerprint density at radius 3 is 2.30 bits per heavy atom. The van der Waals surface area contributed by atoms with E-state index in [-0.39, 0.29) is 12.3 Å². The summed E-state index contributed by atoms with van der Waals surface area (Å²) in [4.78, 5) is 14.5. The molecule has 0 aliphatic carbocycles. The van der Waals surface area contributed by atoms with Gasteiger partial charge in [0.25, 0.3) is 0 Å². The number of ether oxygens (including phenoxy) is 2. The lowest BCUT2D eigenvalue weighted by atomic mass is 10.0. The molecule has 0 spiro atoms. The highest BCUT2D eigenvalue weighted by molar-refractivity contribution is 6.16. The number of alkyl halides is 7. The topological polar surface area (TPSA) is 48.4 Å². The van der Waals surface area contributed by atoms with Crippen LogP contribution in [0.5, 0.6) is 5.88 Å². The largest absolute Gasteiger partial charge is 0.574 e. The maximum atomic E-state index is 13.1. The van der Waals surface area contributed by atoms with E-state index in [1.807, 2.05) is 0 Å². The van der Waals surface area contributed by atoms with Crippen molar-refractivity contribution in [1.29, 1.82) is 0 Å². The standard InChI is InChI=1S/C12H10ClF6NO3/c1-2-22-8(21)4-6-3-7(5-13)20-10(23-12(17,18)19)9(6)11(14,15)16/h3H,2,4-5H2,1H3. The number of aromatic nitrogens is 1. The van der Waals surface area contributed by atoms with Crippen molar-refractivity contribution >= 4 is 17.6 Å². The first kappa shape index (κ1) is 19.3. The number of carbonyl (C=O) groups is 1. The number of pyridine rings is 1. The van der Waals surface area contributed by atoms with Crippen molar-refractivity contribution in [1.82, 2.24) is 4.98 Å². The number of carbonyl (C=O) groups excluding carboxylic acids is 1. The molecule has 11 heteroatoms. The minimum atomic E-state index is -5.39. The minimum Gasteiger partial charge on any atom is -0.466 e. The fourth-order valence-electron chi connectivity index (χ4n) is 1.69. The van der Waals surface area contributed by atoms with E-state index < -0.39 is 47.8 Å². The Kier molecular flexibility index (Phi) is 6.09. The molecule has 0 fully saturated rings. The summed E-state index contributed by atoms with van der Waals surface area (Å²) in [7, 11) is 0. The van der Waals surface area contributed by atoms with Gasteiger partial charge in [-0.3, -0.25) is 4.79 Å². The number of rotatable bonds is 5. The zero-order chi connectivity index (χ0) is 17.8. The summed E-state index contributed by atoms with van der Waals surface area (Å²) < 4.78 is 84.0. The highest BCUT2D eigenvalue weighted by atomic mass is 35.5. The molecule has 1 aromatic rings. The Morgan fingerprint density at radius 1 is 1.26 bits per heavy atom. The Bertz CT molecular complexity index is 573. The summed E-state index contributed by atoms with van der Waals surface area (Å²) >= 11 is 5.41. The quantitative estimate of drug-likeness (QED) is 0.452. The van der Waals surface area contributed by atoms with Gasteiger partial charge in [-0.05, 0) is 18.6 Å². The first-order valence-electron chi connectivity index (χ1n) is 6.05. The molecule has 0 amide bonds. The lowest BCUT2D eigenvalue weighted by Crippen LogP contribution is -2.23. The van der Waals surface area contributed by atoms with Crippen LogP contribution in [-0.2, 0) is 28.0 Å². The number of hydrogen-bond acceptors (Lipinski definition) is 4. The summed E-state index contributed by atoms with van der Waals surface area (Å²) in [6.07, 6.45) is -11.5. The van der Waals surface area contributed by atoms with Crippen molar-refractivity contribution in [2.24, 2.45) is 0 Å². The first-order valence-corrected chi connectivity index (χ1v) is 6.58. The molecule has 0 N–H and O–H groups in total. The van der Waals surface area contributed by atoms with E-state index in [0.29, 0.717) is 0 Å². The van der Waals surface area contributed by atoms with Crippen molar-refractivity contribution in [3.63, 3.8) is 0 Å². The van der Waals surface area contributed by atoms with Crippen LogP contribution in [0.1, 0.15) is 23.7 Å². The highest BCUT2D eigenvalue weighted by Gasteiger charge is 2.43. The van der Waals surface area contributed by atoms with Crippen LogP contribution < -0.4 is 4.74 Å². The van der Waals surface area contributed by atoms with Crippen molar-refractivity contribution in [2.45, 2.75) is 31.8 Å². The predicted molar refractivity (Wildman–Crippen MR) is 65.8 cm³/mol. The van der Waals surface area contributed by atoms with Gasteiger partial charge in [-0.25, -0.2) is 4.98 Å². The van der Waals surface area contributed by atoms with Crippen molar-refractivity contribution in [2.75, 3.05) is 6.61 Å². The molecule has 0 saturated heterocycles. The van der Waals surface area contributed by atoms with E-state index in [9.17, 15) is 31.1 Å². The molecule has 0 aromatic carbocycles. The maximum Gasteiger partial charge on any atom is 0.574 e. The molecule has 1 aromatic heterocycles. The summed E-state index contributed by atoms with van der Waals surface area (Å²) in [5.41, 5.74) is -2.86. The third-order valence-corrected chi connectivity index (χ3v) is 2.67. The van der Waals surface area contributed by atoms with E-state index in [1.54, 1.807) is 0 Å². The van der Waals surface area contributed by atoms with Crippen LogP contribution in [0.2, 0.25) is 0 Å². The molecule has 1 heterocycles. The Labute approximate surface area is 131 Å². The first-order chi connectivity index (χ1) is 10.5. The van der Waals surface area contributed by atoms with Gasteiger partial charge < -0.3 is 9.47 Å². The van der Waals surface area contributed by atoms with Gasteiger partial charge in [0.05, 0.1) is 24.6 Å². The third kappa shape index (κ3) is 5.77. The minimum absolute atomic E-state index is 0.0977. The van der Waals surface area contributed by atoms with Crippen LogP contribution in [0.15, 0.2) is 6.07 Å². The van der Waals surface area contributed by atoms with Gasteiger partial charge in [-0.2, -0.15) is 13.2 Å². The summed E-state index contributed by atoms with van der Waals surface area (Å²) in [6.45, 7) is 1.33. The van der Waals surface area contributed by atoms with Crippen LogP contribution in [0.4, 0.5) is 26.3 Å². The van der Waals surface area contributed by atoms with Crippen molar-refractivity contribution in [3.05, 3.63) is 22.9 Å². The number of esters is 1. The molecule has 0 aliphatic heterocycles. The summed E-state index contributed by atoms with van der Waals surface area (Å²) in [5, 5.41) is 0. The van der Waals surface area contributed by atoms with Gasteiger partial charge in [0.15, 0.2) is 0 Å². The molecular formula is C12H10ClF6NO3. The van der Waals surface area contributed by atoms with E-state index in [4.69, 9.17) is 11.6 Å². The zero-order valence-corrected chi connectivity index (χ0v) is 12.3. The van der Waals surface area contributed by atoms with Gasteiger partial charge in [0.1, 0.15) is 5.56 Å². The lowest BCUT2D eigenvalue weighted by Gasteiger charge is -2.18. The molecule has 0 atom stereocenters. The summed E-state index contributed by atoms with van der Waals surface area (Å²) in [5.74, 6) is -3.22. The maximum absolute atomic E-state index is 13.1. The van der Waals surface area contributed by atoms with Crippen LogP contribution >= 0.6 is 11.6 Å². The van der Waals surface area contributed by atoms with Crippen LogP contribution in [0, 0.1) is 0 Å². The Morgan fingerprint density at radius 2 is 1.87 bits per heavy atom. The Hall–Kier alpha value is -1.71. The van der Waals surface area contributed by atoms with Gasteiger partial charge in [-0.1, -0.05) is 0 Å². The number of hydrogen-bond donors (Lipinski definition) is 0. The molecular weight excluding hydrogens is 356 g/mol. The molecule has 130 valence electrons. The van der Waals surface area contributed by atoms with Crippen LogP contribution in [0.3, 0.4) is 0 Å². The Balaban J connectivity index is 3.45.